The maximum absolute atomic E-state index is 12.5. The van der Waals surface area contributed by atoms with Crippen molar-refractivity contribution in [2.24, 2.45) is 0 Å². The van der Waals surface area contributed by atoms with E-state index in [1.807, 2.05) is 24.6 Å². The number of nitrogens with zero attached hydrogens (tertiary/aromatic N) is 3. The lowest BCUT2D eigenvalue weighted by molar-refractivity contribution is -0.116. The molecule has 2 heterocycles. The molecule has 2 aromatic carbocycles. The number of aromatic nitrogens is 2. The van der Waals surface area contributed by atoms with Gasteiger partial charge in [0.15, 0.2) is 0 Å². The summed E-state index contributed by atoms with van der Waals surface area (Å²) in [5.74, 6) is -0.513. The Balaban J connectivity index is 1.24. The van der Waals surface area contributed by atoms with Gasteiger partial charge in [-0.1, -0.05) is 48.4 Å². The summed E-state index contributed by atoms with van der Waals surface area (Å²) in [7, 11) is 0. The van der Waals surface area contributed by atoms with Gasteiger partial charge in [0, 0.05) is 13.0 Å². The Bertz CT molecular complexity index is 1210. The fourth-order valence-corrected chi connectivity index (χ4v) is 4.39. The molecule has 0 aliphatic carbocycles. The molecule has 1 aliphatic rings. The van der Waals surface area contributed by atoms with Gasteiger partial charge in [0.25, 0.3) is 11.8 Å². The van der Waals surface area contributed by atoms with Crippen molar-refractivity contribution in [3.8, 4) is 0 Å². The molecule has 7 heteroatoms. The van der Waals surface area contributed by atoms with Gasteiger partial charge in [-0.05, 0) is 51.3 Å². The van der Waals surface area contributed by atoms with Crippen molar-refractivity contribution in [1.29, 1.82) is 0 Å². The second-order valence-corrected chi connectivity index (χ2v) is 8.86. The monoisotopic (exact) mass is 458 g/mol. The van der Waals surface area contributed by atoms with Crippen LogP contribution in [0.2, 0.25) is 0 Å². The Morgan fingerprint density at radius 1 is 0.912 bits per heavy atom. The molecule has 0 radical (unpaired) electrons. The topological polar surface area (TPSA) is 84.3 Å². The summed E-state index contributed by atoms with van der Waals surface area (Å²) in [5.41, 5.74) is 5.81. The number of carbonyl (C=O) groups excluding carboxylic acids is 3. The van der Waals surface area contributed by atoms with Gasteiger partial charge in [0.1, 0.15) is 0 Å². The van der Waals surface area contributed by atoms with Gasteiger partial charge in [0.05, 0.1) is 34.7 Å². The Hall–Kier alpha value is -3.74. The number of hydrogen-bond donors (Lipinski definition) is 1. The van der Waals surface area contributed by atoms with Gasteiger partial charge in [0.2, 0.25) is 5.91 Å². The molecule has 3 amide bonds. The lowest BCUT2D eigenvalue weighted by atomic mass is 10.1. The average molecular weight is 459 g/mol. The standard InChI is InChI=1S/C27H30N4O3/c1-18-10-9-11-21(16-18)17-31-20(3)25(19(2)29-31)28-24(32)14-5-4-8-15-30-26(33)22-12-6-7-13-23(22)27(30)34/h6-7,9-13,16H,4-5,8,14-15,17H2,1-3H3,(H,28,32). The quantitative estimate of drug-likeness (QED) is 0.374. The third-order valence-corrected chi connectivity index (χ3v) is 6.22. The van der Waals surface area contributed by atoms with Crippen LogP contribution < -0.4 is 5.32 Å². The number of unbranched alkanes of at least 4 members (excludes halogenated alkanes) is 2. The van der Waals surface area contributed by atoms with Crippen molar-refractivity contribution in [2.75, 3.05) is 11.9 Å². The number of anilines is 1. The maximum Gasteiger partial charge on any atom is 0.261 e. The van der Waals surface area contributed by atoms with Crippen molar-refractivity contribution in [1.82, 2.24) is 14.7 Å². The predicted octanol–water partition coefficient (Wildman–Crippen LogP) is 4.65. The van der Waals surface area contributed by atoms with Crippen molar-refractivity contribution < 1.29 is 14.4 Å². The number of carbonyl (C=O) groups is 3. The molecular formula is C27H30N4O3. The number of aryl methyl sites for hydroxylation is 2. The van der Waals surface area contributed by atoms with Gasteiger partial charge >= 0.3 is 0 Å². The highest BCUT2D eigenvalue weighted by atomic mass is 16.2. The molecule has 1 N–H and O–H groups in total. The largest absolute Gasteiger partial charge is 0.323 e. The van der Waals surface area contributed by atoms with E-state index in [2.05, 4.69) is 35.5 Å². The minimum absolute atomic E-state index is 0.0537. The van der Waals surface area contributed by atoms with Gasteiger partial charge in [-0.2, -0.15) is 5.10 Å². The molecule has 0 saturated carbocycles. The number of benzene rings is 2. The molecule has 4 rings (SSSR count). The van der Waals surface area contributed by atoms with E-state index in [1.54, 1.807) is 24.3 Å². The second-order valence-electron chi connectivity index (χ2n) is 8.86. The Morgan fingerprint density at radius 2 is 1.62 bits per heavy atom. The molecule has 7 nitrogen and oxygen atoms in total. The number of hydrogen-bond acceptors (Lipinski definition) is 4. The maximum atomic E-state index is 12.5. The summed E-state index contributed by atoms with van der Waals surface area (Å²) in [6.45, 7) is 6.96. The third-order valence-electron chi connectivity index (χ3n) is 6.22. The molecule has 176 valence electrons. The first kappa shape index (κ1) is 23.4. The molecule has 0 fully saturated rings. The van der Waals surface area contributed by atoms with Crippen LogP contribution in [-0.4, -0.2) is 38.9 Å². The predicted molar refractivity (Wildman–Crippen MR) is 131 cm³/mol. The summed E-state index contributed by atoms with van der Waals surface area (Å²) in [5, 5.41) is 7.62. The molecular weight excluding hydrogens is 428 g/mol. The zero-order valence-electron chi connectivity index (χ0n) is 19.9. The zero-order chi connectivity index (χ0) is 24.2. The molecule has 34 heavy (non-hydrogen) atoms. The van der Waals surface area contributed by atoms with E-state index in [1.165, 1.54) is 16.0 Å². The van der Waals surface area contributed by atoms with Crippen molar-refractivity contribution in [2.45, 2.75) is 53.0 Å². The summed E-state index contributed by atoms with van der Waals surface area (Å²) in [6.07, 6.45) is 2.49. The van der Waals surface area contributed by atoms with E-state index in [-0.39, 0.29) is 17.7 Å². The molecule has 0 unspecified atom stereocenters. The molecule has 0 saturated heterocycles. The van der Waals surface area contributed by atoms with Gasteiger partial charge in [-0.3, -0.25) is 24.0 Å². The van der Waals surface area contributed by atoms with Crippen LogP contribution in [0.25, 0.3) is 0 Å². The summed E-state index contributed by atoms with van der Waals surface area (Å²) >= 11 is 0. The van der Waals surface area contributed by atoms with Crippen LogP contribution in [0.1, 0.15) is 68.9 Å². The van der Waals surface area contributed by atoms with Crippen LogP contribution >= 0.6 is 0 Å². The smallest absolute Gasteiger partial charge is 0.261 e. The molecule has 1 aromatic heterocycles. The van der Waals surface area contributed by atoms with Crippen molar-refractivity contribution in [3.63, 3.8) is 0 Å². The SMILES string of the molecule is Cc1cccc(Cn2nc(C)c(NC(=O)CCCCCN3C(=O)c4ccccc4C3=O)c2C)c1. The average Bonchev–Trinajstić information content (AvgIpc) is 3.21. The number of fused-ring (bicyclic) bond motifs is 1. The fraction of sp³-hybridized carbons (Fsp3) is 0.333. The normalized spacial score (nSPS) is 12.9. The Labute approximate surface area is 199 Å². The third kappa shape index (κ3) is 4.93. The number of imide groups is 1. The summed E-state index contributed by atoms with van der Waals surface area (Å²) in [4.78, 5) is 38.7. The van der Waals surface area contributed by atoms with E-state index < -0.39 is 0 Å². The van der Waals surface area contributed by atoms with Crippen LogP contribution in [0.15, 0.2) is 48.5 Å². The number of nitrogens with one attached hydrogen (secondary N) is 1. The highest BCUT2D eigenvalue weighted by Crippen LogP contribution is 2.23. The number of amides is 3. The van der Waals surface area contributed by atoms with Crippen LogP contribution in [0, 0.1) is 20.8 Å². The van der Waals surface area contributed by atoms with Crippen molar-refractivity contribution in [3.05, 3.63) is 82.2 Å². The lowest BCUT2D eigenvalue weighted by Crippen LogP contribution is -2.30. The first-order chi connectivity index (χ1) is 16.3. The highest BCUT2D eigenvalue weighted by Gasteiger charge is 2.34. The first-order valence-corrected chi connectivity index (χ1v) is 11.7. The Kier molecular flexibility index (Phi) is 6.91. The zero-order valence-corrected chi connectivity index (χ0v) is 19.9. The van der Waals surface area contributed by atoms with E-state index in [4.69, 9.17) is 0 Å². The lowest BCUT2D eigenvalue weighted by Gasteiger charge is -2.13. The molecule has 1 aliphatic heterocycles. The van der Waals surface area contributed by atoms with E-state index in [0.717, 1.165) is 23.5 Å². The van der Waals surface area contributed by atoms with Crippen LogP contribution in [0.5, 0.6) is 0 Å². The van der Waals surface area contributed by atoms with E-state index in [0.29, 0.717) is 43.5 Å². The summed E-state index contributed by atoms with van der Waals surface area (Å²) in [6, 6.07) is 15.2. The van der Waals surface area contributed by atoms with Crippen LogP contribution in [0.3, 0.4) is 0 Å². The molecule has 0 atom stereocenters. The molecule has 3 aromatic rings. The van der Waals surface area contributed by atoms with Crippen molar-refractivity contribution >= 4 is 23.4 Å². The summed E-state index contributed by atoms with van der Waals surface area (Å²) < 4.78 is 1.92. The minimum Gasteiger partial charge on any atom is -0.323 e. The fourth-order valence-electron chi connectivity index (χ4n) is 4.39. The van der Waals surface area contributed by atoms with Gasteiger partial charge in [-0.25, -0.2) is 0 Å². The highest BCUT2D eigenvalue weighted by molar-refractivity contribution is 6.21. The van der Waals surface area contributed by atoms with Gasteiger partial charge < -0.3 is 5.32 Å². The minimum atomic E-state index is -0.230. The second kappa shape index (κ2) is 10.0. The first-order valence-electron chi connectivity index (χ1n) is 11.7. The van der Waals surface area contributed by atoms with Gasteiger partial charge in [-0.15, -0.1) is 0 Å². The van der Waals surface area contributed by atoms with Crippen LogP contribution in [-0.2, 0) is 11.3 Å². The van der Waals surface area contributed by atoms with E-state index >= 15 is 0 Å². The van der Waals surface area contributed by atoms with E-state index in [9.17, 15) is 14.4 Å². The molecule has 0 bridgehead atoms. The molecule has 0 spiro atoms. The number of rotatable bonds is 9. The van der Waals surface area contributed by atoms with Crippen LogP contribution in [0.4, 0.5) is 5.69 Å². The Morgan fingerprint density at radius 3 is 2.29 bits per heavy atom.